The molecule has 2 aliphatic rings. The number of quaternary nitrogens is 1. The van der Waals surface area contributed by atoms with Crippen molar-refractivity contribution in [2.24, 2.45) is 10.1 Å². The lowest BCUT2D eigenvalue weighted by Crippen LogP contribution is -3.07. The summed E-state index contributed by atoms with van der Waals surface area (Å²) in [6.07, 6.45) is 8.26. The Balaban J connectivity index is 0.00000147. The van der Waals surface area contributed by atoms with Crippen molar-refractivity contribution in [1.82, 2.24) is 0 Å². The van der Waals surface area contributed by atoms with E-state index in [4.69, 9.17) is 23.2 Å². The second-order valence-electron chi connectivity index (χ2n) is 5.30. The lowest BCUT2D eigenvalue weighted by molar-refractivity contribution is -0.808. The Hall–Kier alpha value is -0.610. The standard InChI is InChI=1S/C14H15Cl2N3.ClH/c15-11-3-4-12(13(16)7-11)14(5-1-2-6-14)8-19-10-17-9-18-19;/h3-4,7,9-10H,1-2,5-6,8H2;1H. The highest BCUT2D eigenvalue weighted by molar-refractivity contribution is 6.35. The maximum Gasteiger partial charge on any atom is 0.216 e. The van der Waals surface area contributed by atoms with Gasteiger partial charge in [-0.3, -0.25) is 0 Å². The van der Waals surface area contributed by atoms with Crippen molar-refractivity contribution in [3.8, 4) is 0 Å². The second-order valence-corrected chi connectivity index (χ2v) is 6.15. The maximum absolute atomic E-state index is 6.42. The summed E-state index contributed by atoms with van der Waals surface area (Å²) in [4.78, 5) is 4.06. The molecule has 6 heteroatoms. The van der Waals surface area contributed by atoms with Crippen LogP contribution in [0.2, 0.25) is 10.0 Å². The van der Waals surface area contributed by atoms with E-state index in [2.05, 4.69) is 16.2 Å². The van der Waals surface area contributed by atoms with Crippen molar-refractivity contribution in [3.63, 3.8) is 0 Å². The van der Waals surface area contributed by atoms with Gasteiger partial charge in [0.2, 0.25) is 6.34 Å². The predicted molar refractivity (Wildman–Crippen MR) is 79.4 cm³/mol. The van der Waals surface area contributed by atoms with E-state index in [9.17, 15) is 0 Å². The summed E-state index contributed by atoms with van der Waals surface area (Å²) >= 11 is 12.4. The van der Waals surface area contributed by atoms with E-state index in [1.54, 1.807) is 6.34 Å². The quantitative estimate of drug-likeness (QED) is 0.786. The summed E-state index contributed by atoms with van der Waals surface area (Å²) < 4.78 is 0. The summed E-state index contributed by atoms with van der Waals surface area (Å²) in [7, 11) is 0. The maximum atomic E-state index is 6.42. The van der Waals surface area contributed by atoms with Gasteiger partial charge >= 0.3 is 0 Å². The number of halogens is 3. The zero-order valence-corrected chi connectivity index (χ0v) is 13.2. The van der Waals surface area contributed by atoms with Gasteiger partial charge in [0.1, 0.15) is 6.54 Å². The molecular formula is C14H16Cl3N3. The summed E-state index contributed by atoms with van der Waals surface area (Å²) in [6, 6.07) is 5.85. The topological polar surface area (TPSA) is 29.2 Å². The number of rotatable bonds is 3. The highest BCUT2D eigenvalue weighted by Crippen LogP contribution is 2.43. The predicted octanol–water partition coefficient (Wildman–Crippen LogP) is -0.321. The fourth-order valence-corrected chi connectivity index (χ4v) is 3.82. The van der Waals surface area contributed by atoms with Crippen LogP contribution in [0.5, 0.6) is 0 Å². The van der Waals surface area contributed by atoms with Crippen LogP contribution in [0.15, 0.2) is 28.3 Å². The Bertz CT molecular complexity index is 524. The van der Waals surface area contributed by atoms with Crippen LogP contribution in [0.1, 0.15) is 31.2 Å². The van der Waals surface area contributed by atoms with Gasteiger partial charge in [0.05, 0.1) is 0 Å². The van der Waals surface area contributed by atoms with Gasteiger partial charge in [0, 0.05) is 15.5 Å². The van der Waals surface area contributed by atoms with Gasteiger partial charge in [-0.1, -0.05) is 47.2 Å². The molecule has 1 atom stereocenters. The SMILES string of the molecule is Clc1ccc(C2(C[NH+]3C=NC=N3)CCCC2)c(Cl)c1.[Cl-]. The molecule has 1 fully saturated rings. The minimum Gasteiger partial charge on any atom is -1.00 e. The molecule has 0 radical (unpaired) electrons. The molecule has 0 amide bonds. The lowest BCUT2D eigenvalue weighted by Gasteiger charge is -2.29. The molecule has 0 aromatic heterocycles. The van der Waals surface area contributed by atoms with Gasteiger partial charge in [-0.2, -0.15) is 10.0 Å². The smallest absolute Gasteiger partial charge is 0.216 e. The van der Waals surface area contributed by atoms with Crippen LogP contribution < -0.4 is 17.4 Å². The van der Waals surface area contributed by atoms with Crippen LogP contribution in [0.25, 0.3) is 0 Å². The highest BCUT2D eigenvalue weighted by atomic mass is 35.5. The van der Waals surface area contributed by atoms with Crippen LogP contribution in [0.4, 0.5) is 0 Å². The molecule has 108 valence electrons. The van der Waals surface area contributed by atoms with Crippen LogP contribution in [-0.2, 0) is 5.41 Å². The summed E-state index contributed by atoms with van der Waals surface area (Å²) in [5, 5.41) is 6.83. The molecule has 0 saturated heterocycles. The Morgan fingerprint density at radius 3 is 2.55 bits per heavy atom. The first-order chi connectivity index (χ1) is 9.20. The summed E-state index contributed by atoms with van der Waals surface area (Å²) in [6.45, 7) is 0.911. The third-order valence-corrected chi connectivity index (χ3v) is 4.64. The van der Waals surface area contributed by atoms with Crippen molar-refractivity contribution >= 4 is 35.9 Å². The average Bonchev–Trinajstić information content (AvgIpc) is 3.02. The molecule has 1 heterocycles. The second kappa shape index (κ2) is 6.44. The first-order valence-corrected chi connectivity index (χ1v) is 7.32. The van der Waals surface area contributed by atoms with E-state index in [1.165, 1.54) is 18.4 Å². The van der Waals surface area contributed by atoms with Crippen molar-refractivity contribution in [1.29, 1.82) is 0 Å². The average molecular weight is 333 g/mol. The number of benzene rings is 1. The molecule has 1 saturated carbocycles. The number of hydrogen-bond acceptors (Lipinski definition) is 2. The molecular weight excluding hydrogens is 317 g/mol. The molecule has 1 unspecified atom stereocenters. The molecule has 1 aliphatic heterocycles. The van der Waals surface area contributed by atoms with Crippen LogP contribution in [0, 0.1) is 0 Å². The highest BCUT2D eigenvalue weighted by Gasteiger charge is 2.41. The molecule has 1 aliphatic carbocycles. The number of nitrogens with one attached hydrogen (secondary N) is 1. The number of hydrogen-bond donors (Lipinski definition) is 1. The summed E-state index contributed by atoms with van der Waals surface area (Å²) in [5.74, 6) is 0. The van der Waals surface area contributed by atoms with Gasteiger partial charge in [0.15, 0.2) is 6.34 Å². The molecule has 0 bridgehead atoms. The first kappa shape index (κ1) is 15.8. The van der Waals surface area contributed by atoms with E-state index in [1.807, 2.05) is 18.5 Å². The van der Waals surface area contributed by atoms with Gasteiger partial charge in [-0.05, 0) is 30.5 Å². The van der Waals surface area contributed by atoms with E-state index in [0.29, 0.717) is 5.02 Å². The fourth-order valence-electron chi connectivity index (χ4n) is 3.21. The van der Waals surface area contributed by atoms with Crippen LogP contribution in [0.3, 0.4) is 0 Å². The van der Waals surface area contributed by atoms with Gasteiger partial charge in [-0.25, -0.2) is 0 Å². The van der Waals surface area contributed by atoms with Gasteiger partial charge in [0.25, 0.3) is 0 Å². The zero-order valence-electron chi connectivity index (χ0n) is 11.0. The molecule has 1 N–H and O–H groups in total. The minimum atomic E-state index is 0. The number of nitrogens with zero attached hydrogens (tertiary/aromatic N) is 2. The third-order valence-electron chi connectivity index (χ3n) is 4.10. The lowest BCUT2D eigenvalue weighted by atomic mass is 9.78. The molecule has 3 rings (SSSR count). The van der Waals surface area contributed by atoms with E-state index < -0.39 is 0 Å². The minimum absolute atomic E-state index is 0. The fraction of sp³-hybridized carbons (Fsp3) is 0.429. The summed E-state index contributed by atoms with van der Waals surface area (Å²) in [5.41, 5.74) is 1.31. The zero-order chi connectivity index (χ0) is 13.3. The molecule has 1 aromatic rings. The van der Waals surface area contributed by atoms with E-state index in [0.717, 1.165) is 29.4 Å². The third kappa shape index (κ3) is 3.01. The first-order valence-electron chi connectivity index (χ1n) is 6.57. The van der Waals surface area contributed by atoms with Crippen molar-refractivity contribution in [2.75, 3.05) is 6.54 Å². The van der Waals surface area contributed by atoms with Crippen molar-refractivity contribution in [3.05, 3.63) is 33.8 Å². The molecule has 20 heavy (non-hydrogen) atoms. The normalized spacial score (nSPS) is 23.0. The Morgan fingerprint density at radius 1 is 1.20 bits per heavy atom. The van der Waals surface area contributed by atoms with E-state index in [-0.39, 0.29) is 17.8 Å². The molecule has 0 spiro atoms. The van der Waals surface area contributed by atoms with Crippen molar-refractivity contribution < 1.29 is 17.4 Å². The van der Waals surface area contributed by atoms with Crippen LogP contribution in [-0.4, -0.2) is 19.2 Å². The molecule has 1 aromatic carbocycles. The van der Waals surface area contributed by atoms with E-state index >= 15 is 0 Å². The Labute approximate surface area is 135 Å². The number of aliphatic imine (C=N–C) groups is 1. The van der Waals surface area contributed by atoms with Gasteiger partial charge in [-0.15, -0.1) is 0 Å². The van der Waals surface area contributed by atoms with Crippen LogP contribution >= 0.6 is 23.2 Å². The van der Waals surface area contributed by atoms with Crippen molar-refractivity contribution in [2.45, 2.75) is 31.1 Å². The Morgan fingerprint density at radius 2 is 1.95 bits per heavy atom. The van der Waals surface area contributed by atoms with Gasteiger partial charge < -0.3 is 12.4 Å². The largest absolute Gasteiger partial charge is 1.00 e. The monoisotopic (exact) mass is 331 g/mol. The molecule has 3 nitrogen and oxygen atoms in total. The Kier molecular flexibility index (Phi) is 5.08.